The van der Waals surface area contributed by atoms with E-state index in [4.69, 9.17) is 16.3 Å². The van der Waals surface area contributed by atoms with Crippen molar-refractivity contribution in [1.82, 2.24) is 4.90 Å². The van der Waals surface area contributed by atoms with Crippen LogP contribution in [-0.2, 0) is 16.1 Å². The molecule has 1 aromatic carbocycles. The molecule has 98 valence electrons. The molecular weight excluding hydrogens is 250 g/mol. The molecule has 0 spiro atoms. The summed E-state index contributed by atoms with van der Waals surface area (Å²) in [5.74, 6) is -0.0322. The van der Waals surface area contributed by atoms with E-state index in [1.807, 2.05) is 25.1 Å². The highest BCUT2D eigenvalue weighted by molar-refractivity contribution is 6.30. The van der Waals surface area contributed by atoms with Crippen molar-refractivity contribution < 1.29 is 9.53 Å². The fourth-order valence-electron chi connectivity index (χ4n) is 2.32. The monoisotopic (exact) mass is 267 g/mol. The number of benzene rings is 1. The van der Waals surface area contributed by atoms with Gasteiger partial charge in [0, 0.05) is 18.1 Å². The van der Waals surface area contributed by atoms with Crippen LogP contribution in [0.2, 0.25) is 5.02 Å². The van der Waals surface area contributed by atoms with E-state index in [1.54, 1.807) is 0 Å². The van der Waals surface area contributed by atoms with Crippen LogP contribution in [0.25, 0.3) is 0 Å². The summed E-state index contributed by atoms with van der Waals surface area (Å²) in [7, 11) is 0. The van der Waals surface area contributed by atoms with Crippen LogP contribution in [0.5, 0.6) is 0 Å². The molecule has 0 amide bonds. The van der Waals surface area contributed by atoms with Crippen molar-refractivity contribution in [3.05, 3.63) is 34.9 Å². The molecule has 1 aliphatic rings. The van der Waals surface area contributed by atoms with Gasteiger partial charge < -0.3 is 4.74 Å². The Morgan fingerprint density at radius 1 is 1.56 bits per heavy atom. The molecule has 1 aliphatic heterocycles. The Hall–Kier alpha value is -1.06. The predicted octanol–water partition coefficient (Wildman–Crippen LogP) is 2.73. The van der Waals surface area contributed by atoms with Crippen molar-refractivity contribution in [1.29, 1.82) is 0 Å². The molecule has 1 unspecified atom stereocenters. The zero-order chi connectivity index (χ0) is 13.0. The molecule has 0 bridgehead atoms. The number of halogens is 1. The molecule has 0 aromatic heterocycles. The minimum Gasteiger partial charge on any atom is -0.466 e. The molecule has 3 nitrogen and oxygen atoms in total. The number of carbonyl (C=O) groups is 1. The second-order valence-corrected chi connectivity index (χ2v) is 5.04. The van der Waals surface area contributed by atoms with Gasteiger partial charge in [-0.25, -0.2) is 0 Å². The quantitative estimate of drug-likeness (QED) is 0.786. The summed E-state index contributed by atoms with van der Waals surface area (Å²) in [6.07, 6.45) is 0.888. The third-order valence-electron chi connectivity index (χ3n) is 3.19. The Morgan fingerprint density at radius 3 is 3.11 bits per heavy atom. The third kappa shape index (κ3) is 3.47. The number of nitrogens with zero attached hydrogens (tertiary/aromatic N) is 1. The van der Waals surface area contributed by atoms with Crippen molar-refractivity contribution in [2.24, 2.45) is 5.92 Å². The number of ether oxygens (including phenoxy) is 1. The van der Waals surface area contributed by atoms with Crippen molar-refractivity contribution in [2.75, 3.05) is 19.7 Å². The summed E-state index contributed by atoms with van der Waals surface area (Å²) in [5.41, 5.74) is 1.19. The van der Waals surface area contributed by atoms with Gasteiger partial charge in [0.15, 0.2) is 0 Å². The first kappa shape index (κ1) is 13.4. The summed E-state index contributed by atoms with van der Waals surface area (Å²) in [6, 6.07) is 7.86. The highest BCUT2D eigenvalue weighted by Crippen LogP contribution is 2.21. The van der Waals surface area contributed by atoms with Crippen LogP contribution >= 0.6 is 11.6 Å². The summed E-state index contributed by atoms with van der Waals surface area (Å²) in [4.78, 5) is 13.9. The largest absolute Gasteiger partial charge is 0.466 e. The van der Waals surface area contributed by atoms with E-state index < -0.39 is 0 Å². The predicted molar refractivity (Wildman–Crippen MR) is 71.5 cm³/mol. The molecule has 0 N–H and O–H groups in total. The van der Waals surface area contributed by atoms with Gasteiger partial charge >= 0.3 is 5.97 Å². The van der Waals surface area contributed by atoms with Gasteiger partial charge in [-0.2, -0.15) is 0 Å². The number of rotatable bonds is 4. The van der Waals surface area contributed by atoms with Crippen molar-refractivity contribution in [2.45, 2.75) is 19.9 Å². The topological polar surface area (TPSA) is 29.5 Å². The minimum atomic E-state index is -0.0638. The van der Waals surface area contributed by atoms with Gasteiger partial charge in [0.2, 0.25) is 0 Å². The van der Waals surface area contributed by atoms with E-state index in [-0.39, 0.29) is 11.9 Å². The lowest BCUT2D eigenvalue weighted by Crippen LogP contribution is -2.24. The Bertz CT molecular complexity index is 422. The average molecular weight is 268 g/mol. The fourth-order valence-corrected chi connectivity index (χ4v) is 2.54. The molecule has 2 rings (SSSR count). The minimum absolute atomic E-state index is 0.0316. The molecular formula is C14H18ClNO2. The summed E-state index contributed by atoms with van der Waals surface area (Å²) in [5, 5.41) is 0.758. The third-order valence-corrected chi connectivity index (χ3v) is 3.42. The molecule has 1 aromatic rings. The van der Waals surface area contributed by atoms with Gasteiger partial charge in [-0.05, 0) is 37.6 Å². The maximum absolute atomic E-state index is 11.6. The number of likely N-dealkylation sites (tertiary alicyclic amines) is 1. The molecule has 0 radical (unpaired) electrons. The number of carbonyl (C=O) groups excluding carboxylic acids is 1. The van der Waals surface area contributed by atoms with Gasteiger partial charge in [-0.15, -0.1) is 0 Å². The standard InChI is InChI=1S/C14H18ClNO2/c1-2-18-14(17)12-6-7-16(10-12)9-11-4-3-5-13(15)8-11/h3-5,8,12H,2,6-7,9-10H2,1H3. The van der Waals surface area contributed by atoms with Crippen LogP contribution in [0.3, 0.4) is 0 Å². The SMILES string of the molecule is CCOC(=O)C1CCN(Cc2cccc(Cl)c2)C1. The van der Waals surface area contributed by atoms with Crippen molar-refractivity contribution in [3.63, 3.8) is 0 Å². The van der Waals surface area contributed by atoms with Crippen molar-refractivity contribution in [3.8, 4) is 0 Å². The van der Waals surface area contributed by atoms with Crippen LogP contribution in [0.15, 0.2) is 24.3 Å². The number of esters is 1. The van der Waals surface area contributed by atoms with E-state index >= 15 is 0 Å². The second kappa shape index (κ2) is 6.21. The van der Waals surface area contributed by atoms with Crippen LogP contribution in [0, 0.1) is 5.92 Å². The normalized spacial score (nSPS) is 20.0. The maximum Gasteiger partial charge on any atom is 0.310 e. The Labute approximate surface area is 113 Å². The Balaban J connectivity index is 1.88. The summed E-state index contributed by atoms with van der Waals surface area (Å²) in [6.45, 7) is 4.87. The van der Waals surface area contributed by atoms with E-state index in [9.17, 15) is 4.79 Å². The summed E-state index contributed by atoms with van der Waals surface area (Å²) < 4.78 is 5.06. The van der Waals surface area contributed by atoms with Crippen LogP contribution in [0.1, 0.15) is 18.9 Å². The first-order chi connectivity index (χ1) is 8.69. The Kier molecular flexibility index (Phi) is 4.61. The van der Waals surface area contributed by atoms with Gasteiger partial charge in [-0.1, -0.05) is 23.7 Å². The van der Waals surface area contributed by atoms with Gasteiger partial charge in [0.1, 0.15) is 0 Å². The fraction of sp³-hybridized carbons (Fsp3) is 0.500. The zero-order valence-corrected chi connectivity index (χ0v) is 11.3. The zero-order valence-electron chi connectivity index (χ0n) is 10.6. The molecule has 0 aliphatic carbocycles. The highest BCUT2D eigenvalue weighted by Gasteiger charge is 2.29. The van der Waals surface area contributed by atoms with Crippen LogP contribution < -0.4 is 0 Å². The lowest BCUT2D eigenvalue weighted by atomic mass is 10.1. The van der Waals surface area contributed by atoms with E-state index in [0.717, 1.165) is 31.1 Å². The first-order valence-electron chi connectivity index (χ1n) is 6.32. The Morgan fingerprint density at radius 2 is 2.39 bits per heavy atom. The van der Waals surface area contributed by atoms with E-state index in [2.05, 4.69) is 11.0 Å². The van der Waals surface area contributed by atoms with Gasteiger partial charge in [0.25, 0.3) is 0 Å². The summed E-state index contributed by atoms with van der Waals surface area (Å²) >= 11 is 5.96. The van der Waals surface area contributed by atoms with E-state index in [1.165, 1.54) is 5.56 Å². The van der Waals surface area contributed by atoms with Crippen molar-refractivity contribution >= 4 is 17.6 Å². The molecule has 1 atom stereocenters. The first-order valence-corrected chi connectivity index (χ1v) is 6.70. The molecule has 0 saturated carbocycles. The molecule has 1 saturated heterocycles. The number of hydrogen-bond donors (Lipinski definition) is 0. The number of hydrogen-bond acceptors (Lipinski definition) is 3. The molecule has 4 heteroatoms. The molecule has 1 fully saturated rings. The van der Waals surface area contributed by atoms with Gasteiger partial charge in [-0.3, -0.25) is 9.69 Å². The molecule has 18 heavy (non-hydrogen) atoms. The lowest BCUT2D eigenvalue weighted by Gasteiger charge is -2.15. The maximum atomic E-state index is 11.6. The van der Waals surface area contributed by atoms with Crippen LogP contribution in [-0.4, -0.2) is 30.6 Å². The smallest absolute Gasteiger partial charge is 0.310 e. The second-order valence-electron chi connectivity index (χ2n) is 4.60. The average Bonchev–Trinajstić information content (AvgIpc) is 2.78. The highest BCUT2D eigenvalue weighted by atomic mass is 35.5. The molecule has 1 heterocycles. The lowest BCUT2D eigenvalue weighted by molar-refractivity contribution is -0.147. The van der Waals surface area contributed by atoms with Gasteiger partial charge in [0.05, 0.1) is 12.5 Å². The van der Waals surface area contributed by atoms with E-state index in [0.29, 0.717) is 6.61 Å². The van der Waals surface area contributed by atoms with Crippen LogP contribution in [0.4, 0.5) is 0 Å².